The summed E-state index contributed by atoms with van der Waals surface area (Å²) in [6, 6.07) is 2.46. The van der Waals surface area contributed by atoms with Crippen LogP contribution in [0.4, 0.5) is 0 Å². The first-order chi connectivity index (χ1) is 7.67. The van der Waals surface area contributed by atoms with Gasteiger partial charge in [-0.3, -0.25) is 0 Å². The molecule has 0 aliphatic heterocycles. The first-order valence-electron chi connectivity index (χ1n) is 6.12. The quantitative estimate of drug-likeness (QED) is 0.704. The number of rotatable bonds is 7. The Morgan fingerprint density at radius 3 is 2.75 bits per heavy atom. The van der Waals surface area contributed by atoms with Crippen molar-refractivity contribution in [3.8, 4) is 0 Å². The molecule has 0 amide bonds. The average Bonchev–Trinajstić information content (AvgIpc) is 2.70. The number of aryl methyl sites for hydroxylation is 1. The summed E-state index contributed by atoms with van der Waals surface area (Å²) in [5, 5.41) is 3.54. The zero-order chi connectivity index (χ0) is 12.0. The molecule has 2 heteroatoms. The number of furan rings is 1. The molecule has 90 valence electrons. The Bertz CT molecular complexity index is 327. The van der Waals surface area contributed by atoms with E-state index in [9.17, 15) is 0 Å². The Morgan fingerprint density at radius 1 is 1.50 bits per heavy atom. The van der Waals surface area contributed by atoms with E-state index in [4.69, 9.17) is 4.42 Å². The highest BCUT2D eigenvalue weighted by Gasteiger charge is 2.13. The van der Waals surface area contributed by atoms with Gasteiger partial charge in [0.15, 0.2) is 0 Å². The molecule has 0 aromatic carbocycles. The van der Waals surface area contributed by atoms with Crippen molar-refractivity contribution in [3.63, 3.8) is 0 Å². The van der Waals surface area contributed by atoms with Crippen molar-refractivity contribution < 1.29 is 4.42 Å². The molecule has 1 rings (SSSR count). The highest BCUT2D eigenvalue weighted by atomic mass is 16.3. The van der Waals surface area contributed by atoms with Gasteiger partial charge in [-0.1, -0.05) is 26.0 Å². The largest absolute Gasteiger partial charge is 0.469 e. The fourth-order valence-corrected chi connectivity index (χ4v) is 1.71. The molecule has 1 aromatic heterocycles. The van der Waals surface area contributed by atoms with E-state index in [1.807, 2.05) is 13.2 Å². The maximum atomic E-state index is 5.37. The third-order valence-electron chi connectivity index (χ3n) is 2.79. The summed E-state index contributed by atoms with van der Waals surface area (Å²) in [7, 11) is 0. The van der Waals surface area contributed by atoms with E-state index in [1.54, 1.807) is 0 Å². The van der Waals surface area contributed by atoms with Crippen LogP contribution in [0.2, 0.25) is 0 Å². The van der Waals surface area contributed by atoms with Gasteiger partial charge in [0.05, 0.1) is 6.26 Å². The van der Waals surface area contributed by atoms with Crippen molar-refractivity contribution in [2.24, 2.45) is 0 Å². The standard InChI is InChI=1S/C14H23NO/c1-5-7-15-14(8-11(3)6-2)13-9-12(4)16-10-13/h9-10,14-15H,3,5-8H2,1-2,4H3. The molecule has 1 heterocycles. The van der Waals surface area contributed by atoms with E-state index in [2.05, 4.69) is 31.8 Å². The van der Waals surface area contributed by atoms with E-state index in [0.29, 0.717) is 6.04 Å². The lowest BCUT2D eigenvalue weighted by Crippen LogP contribution is -2.22. The molecule has 1 atom stereocenters. The molecular weight excluding hydrogens is 198 g/mol. The third-order valence-corrected chi connectivity index (χ3v) is 2.79. The van der Waals surface area contributed by atoms with Crippen molar-refractivity contribution in [1.29, 1.82) is 0 Å². The van der Waals surface area contributed by atoms with Crippen LogP contribution < -0.4 is 5.32 Å². The molecular formula is C14H23NO. The summed E-state index contributed by atoms with van der Waals surface area (Å²) in [4.78, 5) is 0. The highest BCUT2D eigenvalue weighted by molar-refractivity contribution is 5.18. The van der Waals surface area contributed by atoms with Gasteiger partial charge >= 0.3 is 0 Å². The molecule has 0 bridgehead atoms. The first-order valence-corrected chi connectivity index (χ1v) is 6.12. The lowest BCUT2D eigenvalue weighted by atomic mass is 10.0. The molecule has 2 nitrogen and oxygen atoms in total. The number of hydrogen-bond acceptors (Lipinski definition) is 2. The van der Waals surface area contributed by atoms with Gasteiger partial charge in [-0.25, -0.2) is 0 Å². The summed E-state index contributed by atoms with van der Waals surface area (Å²) < 4.78 is 5.37. The molecule has 16 heavy (non-hydrogen) atoms. The predicted octanol–water partition coefficient (Wildman–Crippen LogP) is 3.99. The van der Waals surface area contributed by atoms with Crippen LogP contribution in [0, 0.1) is 6.92 Å². The minimum Gasteiger partial charge on any atom is -0.469 e. The maximum absolute atomic E-state index is 5.37. The van der Waals surface area contributed by atoms with Crippen LogP contribution in [-0.2, 0) is 0 Å². The topological polar surface area (TPSA) is 25.2 Å². The van der Waals surface area contributed by atoms with Crippen LogP contribution in [-0.4, -0.2) is 6.54 Å². The molecule has 0 spiro atoms. The lowest BCUT2D eigenvalue weighted by Gasteiger charge is -2.17. The molecule has 0 saturated heterocycles. The monoisotopic (exact) mass is 221 g/mol. The highest BCUT2D eigenvalue weighted by Crippen LogP contribution is 2.23. The molecule has 0 radical (unpaired) electrons. The second-order valence-electron chi connectivity index (χ2n) is 4.31. The second kappa shape index (κ2) is 6.54. The Labute approximate surface area is 98.7 Å². The van der Waals surface area contributed by atoms with Crippen molar-refractivity contribution in [1.82, 2.24) is 5.32 Å². The Hall–Kier alpha value is -1.02. The Kier molecular flexibility index (Phi) is 5.33. The molecule has 0 aliphatic carbocycles. The smallest absolute Gasteiger partial charge is 0.101 e. The van der Waals surface area contributed by atoms with Gasteiger partial charge in [-0.05, 0) is 38.8 Å². The van der Waals surface area contributed by atoms with Crippen molar-refractivity contribution in [2.75, 3.05) is 6.54 Å². The maximum Gasteiger partial charge on any atom is 0.101 e. The van der Waals surface area contributed by atoms with Crippen molar-refractivity contribution >= 4 is 0 Å². The van der Waals surface area contributed by atoms with E-state index in [0.717, 1.165) is 31.6 Å². The molecule has 1 N–H and O–H groups in total. The SMILES string of the molecule is C=C(CC)CC(NCCC)c1coc(C)c1. The molecule has 1 unspecified atom stereocenters. The zero-order valence-electron chi connectivity index (χ0n) is 10.7. The van der Waals surface area contributed by atoms with Gasteiger partial charge in [0, 0.05) is 11.6 Å². The van der Waals surface area contributed by atoms with Gasteiger partial charge in [0.2, 0.25) is 0 Å². The van der Waals surface area contributed by atoms with Gasteiger partial charge in [0.25, 0.3) is 0 Å². The van der Waals surface area contributed by atoms with Crippen LogP contribution >= 0.6 is 0 Å². The lowest BCUT2D eigenvalue weighted by molar-refractivity contribution is 0.500. The minimum absolute atomic E-state index is 0.352. The van der Waals surface area contributed by atoms with E-state index >= 15 is 0 Å². The van der Waals surface area contributed by atoms with Crippen LogP contribution in [0.1, 0.15) is 50.5 Å². The van der Waals surface area contributed by atoms with E-state index < -0.39 is 0 Å². The first kappa shape index (κ1) is 13.0. The Balaban J connectivity index is 2.66. The van der Waals surface area contributed by atoms with E-state index in [1.165, 1.54) is 11.1 Å². The van der Waals surface area contributed by atoms with Gasteiger partial charge in [-0.15, -0.1) is 0 Å². The second-order valence-corrected chi connectivity index (χ2v) is 4.31. The molecule has 0 saturated carbocycles. The number of hydrogen-bond donors (Lipinski definition) is 1. The van der Waals surface area contributed by atoms with Crippen molar-refractivity contribution in [3.05, 3.63) is 35.8 Å². The van der Waals surface area contributed by atoms with Crippen LogP contribution in [0.25, 0.3) is 0 Å². The summed E-state index contributed by atoms with van der Waals surface area (Å²) in [5.74, 6) is 0.973. The average molecular weight is 221 g/mol. The van der Waals surface area contributed by atoms with Gasteiger partial charge in [-0.2, -0.15) is 0 Å². The zero-order valence-corrected chi connectivity index (χ0v) is 10.7. The predicted molar refractivity (Wildman–Crippen MR) is 68.5 cm³/mol. The van der Waals surface area contributed by atoms with Crippen molar-refractivity contribution in [2.45, 2.75) is 46.1 Å². The number of nitrogens with one attached hydrogen (secondary N) is 1. The Morgan fingerprint density at radius 2 is 2.25 bits per heavy atom. The van der Waals surface area contributed by atoms with E-state index in [-0.39, 0.29) is 0 Å². The molecule has 0 fully saturated rings. The van der Waals surface area contributed by atoms with Crippen LogP contribution in [0.3, 0.4) is 0 Å². The summed E-state index contributed by atoms with van der Waals surface area (Å²) in [6.45, 7) is 11.4. The molecule has 0 aliphatic rings. The minimum atomic E-state index is 0.352. The summed E-state index contributed by atoms with van der Waals surface area (Å²) in [6.07, 6.45) is 5.04. The molecule has 1 aromatic rings. The third kappa shape index (κ3) is 3.86. The fraction of sp³-hybridized carbons (Fsp3) is 0.571. The summed E-state index contributed by atoms with van der Waals surface area (Å²) in [5.41, 5.74) is 2.52. The van der Waals surface area contributed by atoms with Gasteiger partial charge < -0.3 is 9.73 Å². The van der Waals surface area contributed by atoms with Crippen LogP contribution in [0.5, 0.6) is 0 Å². The van der Waals surface area contributed by atoms with Crippen LogP contribution in [0.15, 0.2) is 28.9 Å². The fourth-order valence-electron chi connectivity index (χ4n) is 1.71. The summed E-state index contributed by atoms with van der Waals surface area (Å²) >= 11 is 0. The van der Waals surface area contributed by atoms with Gasteiger partial charge in [0.1, 0.15) is 5.76 Å². The normalized spacial score (nSPS) is 12.7.